The Balaban J connectivity index is 2.07. The molecule has 5 heteroatoms. The number of hydrogen-bond acceptors (Lipinski definition) is 3. The van der Waals surface area contributed by atoms with E-state index in [1.54, 1.807) is 0 Å². The molecule has 1 aromatic carbocycles. The fourth-order valence-electron chi connectivity index (χ4n) is 1.58. The van der Waals surface area contributed by atoms with E-state index in [2.05, 4.69) is 0 Å². The Hall–Kier alpha value is -1.20. The third-order valence-corrected chi connectivity index (χ3v) is 2.53. The molecule has 1 saturated heterocycles. The van der Waals surface area contributed by atoms with E-state index < -0.39 is 11.6 Å². The molecule has 0 radical (unpaired) electrons. The fourth-order valence-corrected chi connectivity index (χ4v) is 1.58. The minimum atomic E-state index is -0.724. The van der Waals surface area contributed by atoms with Gasteiger partial charge in [-0.2, -0.15) is 0 Å². The maximum Gasteiger partial charge on any atom is 0.167 e. The number of ether oxygens (including phenoxy) is 2. The lowest BCUT2D eigenvalue weighted by atomic mass is 10.1. The monoisotopic (exact) mass is 229 g/mol. The van der Waals surface area contributed by atoms with Crippen LogP contribution in [-0.4, -0.2) is 25.4 Å². The van der Waals surface area contributed by atoms with Crippen molar-refractivity contribution in [3.63, 3.8) is 0 Å². The molecule has 1 fully saturated rings. The van der Waals surface area contributed by atoms with Crippen molar-refractivity contribution in [2.75, 3.05) is 13.2 Å². The first kappa shape index (κ1) is 11.3. The molecule has 0 amide bonds. The molecular formula is C11H13F2NO2. The third kappa shape index (κ3) is 2.48. The predicted octanol–water partition coefficient (Wildman–Crippen LogP) is 1.46. The van der Waals surface area contributed by atoms with Crippen LogP contribution in [0.2, 0.25) is 0 Å². The van der Waals surface area contributed by atoms with Gasteiger partial charge in [0.05, 0.1) is 6.61 Å². The van der Waals surface area contributed by atoms with Crippen molar-refractivity contribution in [3.05, 3.63) is 29.8 Å². The van der Waals surface area contributed by atoms with Gasteiger partial charge in [-0.1, -0.05) is 0 Å². The number of benzene rings is 1. The molecule has 2 rings (SSSR count). The lowest BCUT2D eigenvalue weighted by Gasteiger charge is -2.29. The first-order chi connectivity index (χ1) is 7.66. The summed E-state index contributed by atoms with van der Waals surface area (Å²) in [6, 6.07) is 3.00. The molecule has 1 aromatic rings. The Bertz CT molecular complexity index is 373. The number of nitrogens with two attached hydrogens (primary N) is 1. The molecule has 0 saturated carbocycles. The van der Waals surface area contributed by atoms with Gasteiger partial charge in [-0.05, 0) is 18.6 Å². The van der Waals surface area contributed by atoms with Gasteiger partial charge in [-0.25, -0.2) is 8.78 Å². The zero-order valence-electron chi connectivity index (χ0n) is 8.66. The summed E-state index contributed by atoms with van der Waals surface area (Å²) in [7, 11) is 0. The summed E-state index contributed by atoms with van der Waals surface area (Å²) in [5.74, 6) is -1.35. The largest absolute Gasteiger partial charge is 0.483 e. The number of hydrogen-bond donors (Lipinski definition) is 1. The van der Waals surface area contributed by atoms with Crippen LogP contribution in [0, 0.1) is 11.6 Å². The maximum absolute atomic E-state index is 13.3. The van der Waals surface area contributed by atoms with Crippen LogP contribution in [0.25, 0.3) is 0 Å². The van der Waals surface area contributed by atoms with Gasteiger partial charge in [-0.3, -0.25) is 0 Å². The highest BCUT2D eigenvalue weighted by Gasteiger charge is 2.25. The average Bonchev–Trinajstić information content (AvgIpc) is 2.25. The predicted molar refractivity (Wildman–Crippen MR) is 54.2 cm³/mol. The number of rotatable bonds is 2. The van der Waals surface area contributed by atoms with Crippen LogP contribution in [-0.2, 0) is 4.74 Å². The van der Waals surface area contributed by atoms with Gasteiger partial charge in [0.25, 0.3) is 0 Å². The van der Waals surface area contributed by atoms with E-state index in [0.717, 1.165) is 12.1 Å². The van der Waals surface area contributed by atoms with E-state index in [1.807, 2.05) is 0 Å². The van der Waals surface area contributed by atoms with E-state index in [-0.39, 0.29) is 17.9 Å². The summed E-state index contributed by atoms with van der Waals surface area (Å²) in [4.78, 5) is 0. The van der Waals surface area contributed by atoms with Gasteiger partial charge < -0.3 is 15.2 Å². The van der Waals surface area contributed by atoms with E-state index in [0.29, 0.717) is 19.6 Å². The summed E-state index contributed by atoms with van der Waals surface area (Å²) < 4.78 is 36.5. The minimum Gasteiger partial charge on any atom is -0.483 e. The molecule has 1 aliphatic rings. The van der Waals surface area contributed by atoms with Crippen LogP contribution in [0.5, 0.6) is 5.75 Å². The van der Waals surface area contributed by atoms with Crippen molar-refractivity contribution in [2.24, 2.45) is 5.73 Å². The van der Waals surface area contributed by atoms with E-state index in [4.69, 9.17) is 15.2 Å². The highest BCUT2D eigenvalue weighted by atomic mass is 19.1. The van der Waals surface area contributed by atoms with Crippen LogP contribution in [0.3, 0.4) is 0 Å². The second kappa shape index (κ2) is 4.76. The maximum atomic E-state index is 13.3. The van der Waals surface area contributed by atoms with E-state index in [9.17, 15) is 8.78 Å². The Morgan fingerprint density at radius 1 is 1.38 bits per heavy atom. The summed E-state index contributed by atoms with van der Waals surface area (Å²) in [5, 5.41) is 0. The van der Waals surface area contributed by atoms with E-state index >= 15 is 0 Å². The van der Waals surface area contributed by atoms with Crippen molar-refractivity contribution < 1.29 is 18.3 Å². The first-order valence-electron chi connectivity index (χ1n) is 5.12. The van der Waals surface area contributed by atoms with Gasteiger partial charge in [0.15, 0.2) is 11.6 Å². The topological polar surface area (TPSA) is 44.5 Å². The summed E-state index contributed by atoms with van der Waals surface area (Å²) in [6.07, 6.45) is 0.293. The molecular weight excluding hydrogens is 216 g/mol. The van der Waals surface area contributed by atoms with Crippen molar-refractivity contribution in [1.82, 2.24) is 0 Å². The smallest absolute Gasteiger partial charge is 0.167 e. The lowest BCUT2D eigenvalue weighted by molar-refractivity contribution is -0.00683. The van der Waals surface area contributed by atoms with Gasteiger partial charge in [0, 0.05) is 18.7 Å². The molecule has 2 unspecified atom stereocenters. The molecule has 0 spiro atoms. The molecule has 0 bridgehead atoms. The van der Waals surface area contributed by atoms with Crippen LogP contribution >= 0.6 is 0 Å². The Kier molecular flexibility index (Phi) is 3.36. The summed E-state index contributed by atoms with van der Waals surface area (Å²) >= 11 is 0. The van der Waals surface area contributed by atoms with Gasteiger partial charge in [0.2, 0.25) is 0 Å². The minimum absolute atomic E-state index is 0.00681. The van der Waals surface area contributed by atoms with E-state index in [1.165, 1.54) is 6.07 Å². The number of halogens is 2. The molecule has 0 aromatic heterocycles. The molecule has 2 atom stereocenters. The normalized spacial score (nSPS) is 25.4. The third-order valence-electron chi connectivity index (χ3n) is 2.53. The highest BCUT2D eigenvalue weighted by molar-refractivity contribution is 5.25. The summed E-state index contributed by atoms with van der Waals surface area (Å²) in [5.41, 5.74) is 5.81. The molecule has 88 valence electrons. The molecule has 16 heavy (non-hydrogen) atoms. The summed E-state index contributed by atoms with van der Waals surface area (Å²) in [6.45, 7) is 0.922. The van der Waals surface area contributed by atoms with Gasteiger partial charge in [-0.15, -0.1) is 0 Å². The molecule has 0 aliphatic carbocycles. The van der Waals surface area contributed by atoms with Gasteiger partial charge in [0.1, 0.15) is 11.9 Å². The Labute approximate surface area is 92.1 Å². The second-order valence-corrected chi connectivity index (χ2v) is 3.76. The molecule has 3 nitrogen and oxygen atoms in total. The molecule has 1 aliphatic heterocycles. The van der Waals surface area contributed by atoms with Crippen molar-refractivity contribution >= 4 is 0 Å². The first-order valence-corrected chi connectivity index (χ1v) is 5.12. The molecule has 2 N–H and O–H groups in total. The van der Waals surface area contributed by atoms with Crippen LogP contribution in [0.15, 0.2) is 18.2 Å². The van der Waals surface area contributed by atoms with Crippen molar-refractivity contribution in [3.8, 4) is 5.75 Å². The zero-order chi connectivity index (χ0) is 11.5. The highest BCUT2D eigenvalue weighted by Crippen LogP contribution is 2.21. The second-order valence-electron chi connectivity index (χ2n) is 3.76. The van der Waals surface area contributed by atoms with Crippen LogP contribution in [0.1, 0.15) is 6.42 Å². The van der Waals surface area contributed by atoms with Crippen LogP contribution in [0.4, 0.5) is 8.78 Å². The van der Waals surface area contributed by atoms with Crippen molar-refractivity contribution in [1.29, 1.82) is 0 Å². The average molecular weight is 229 g/mol. The Morgan fingerprint density at radius 2 is 2.19 bits per heavy atom. The van der Waals surface area contributed by atoms with Crippen LogP contribution < -0.4 is 10.5 Å². The Morgan fingerprint density at radius 3 is 2.88 bits per heavy atom. The fraction of sp³-hybridized carbons (Fsp3) is 0.455. The SMILES string of the molecule is NC1CCOCC1Oc1ccc(F)cc1F. The van der Waals surface area contributed by atoms with Crippen molar-refractivity contribution in [2.45, 2.75) is 18.6 Å². The standard InChI is InChI=1S/C11H13F2NO2/c12-7-1-2-10(8(13)5-7)16-11-6-15-4-3-9(11)14/h1-2,5,9,11H,3-4,6,14H2. The van der Waals surface area contributed by atoms with Gasteiger partial charge >= 0.3 is 0 Å². The zero-order valence-corrected chi connectivity index (χ0v) is 8.66. The quantitative estimate of drug-likeness (QED) is 0.835. The molecule has 1 heterocycles. The lowest BCUT2D eigenvalue weighted by Crippen LogP contribution is -2.46.